The highest BCUT2D eigenvalue weighted by atomic mass is 16.8. The third kappa shape index (κ3) is 8.10. The van der Waals surface area contributed by atoms with Crippen LogP contribution in [0.2, 0.25) is 0 Å². The van der Waals surface area contributed by atoms with Gasteiger partial charge in [0.25, 0.3) is 0 Å². The molecule has 0 bridgehead atoms. The summed E-state index contributed by atoms with van der Waals surface area (Å²) in [5.74, 6) is -1.38. The summed E-state index contributed by atoms with van der Waals surface area (Å²) < 4.78 is 26.2. The lowest BCUT2D eigenvalue weighted by atomic mass is 9.52. The fourth-order valence-electron chi connectivity index (χ4n) is 9.66. The number of aliphatic hydroxyl groups excluding tert-OH is 1. The van der Waals surface area contributed by atoms with Crippen LogP contribution in [-0.2, 0) is 34.3 Å². The number of fused-ring (bicyclic) bond motifs is 3. The smallest absolute Gasteiger partial charge is 0.338 e. The summed E-state index contributed by atoms with van der Waals surface area (Å²) in [5.41, 5.74) is 5.02. The SMILES string of the molecule is CC1(C)C[C@@H]2C(=Cc3cccc(C(=O)O[C@@H]4CC(C(=O)NCCC(=O)NCCO)=C[C@H]5OC(c6ccccc6)(c6ccccc6)O[C@H]54)c3)CCC3O[C@]3(C)CC[C@H]21. The van der Waals surface area contributed by atoms with Gasteiger partial charge in [-0.15, -0.1) is 0 Å². The minimum absolute atomic E-state index is 0.0102. The molecule has 3 aliphatic carbocycles. The van der Waals surface area contributed by atoms with Crippen LogP contribution in [0.4, 0.5) is 0 Å². The number of hydrogen-bond donors (Lipinski definition) is 3. The van der Waals surface area contributed by atoms with E-state index in [2.05, 4.69) is 37.5 Å². The Hall–Kier alpha value is -4.61. The van der Waals surface area contributed by atoms with Crippen LogP contribution in [0.15, 0.2) is 102 Å². The fourth-order valence-corrected chi connectivity index (χ4v) is 9.66. The molecule has 3 N–H and O–H groups in total. The first-order chi connectivity index (χ1) is 27.5. The molecular formula is C47H54N2O8. The molecule has 0 radical (unpaired) electrons. The first-order valence-electron chi connectivity index (χ1n) is 20.5. The van der Waals surface area contributed by atoms with E-state index >= 15 is 0 Å². The molecule has 2 heterocycles. The lowest BCUT2D eigenvalue weighted by Crippen LogP contribution is -2.45. The zero-order valence-electron chi connectivity index (χ0n) is 33.1. The van der Waals surface area contributed by atoms with Crippen molar-refractivity contribution in [2.75, 3.05) is 19.7 Å². The van der Waals surface area contributed by atoms with E-state index in [1.807, 2.05) is 78.9 Å². The second-order valence-electron chi connectivity index (χ2n) is 17.2. The number of amides is 2. The van der Waals surface area contributed by atoms with Crippen molar-refractivity contribution in [3.05, 3.63) is 124 Å². The maximum atomic E-state index is 14.2. The number of nitrogens with one attached hydrogen (secondary N) is 2. The second-order valence-corrected chi connectivity index (χ2v) is 17.2. The van der Waals surface area contributed by atoms with Crippen molar-refractivity contribution >= 4 is 23.9 Å². The predicted molar refractivity (Wildman–Crippen MR) is 215 cm³/mol. The van der Waals surface area contributed by atoms with Crippen molar-refractivity contribution < 1.29 is 38.4 Å². The van der Waals surface area contributed by atoms with Crippen LogP contribution >= 0.6 is 0 Å². The highest BCUT2D eigenvalue weighted by Gasteiger charge is 2.57. The molecule has 2 saturated heterocycles. The summed E-state index contributed by atoms with van der Waals surface area (Å²) >= 11 is 0. The Kier molecular flexibility index (Phi) is 11.0. The number of allylic oxidation sites excluding steroid dienone is 1. The second kappa shape index (κ2) is 16.0. The highest BCUT2D eigenvalue weighted by Crippen LogP contribution is 2.60. The van der Waals surface area contributed by atoms with Crippen LogP contribution in [-0.4, -0.2) is 72.6 Å². The molecule has 2 amide bonds. The van der Waals surface area contributed by atoms with Crippen molar-refractivity contribution in [2.24, 2.45) is 17.3 Å². The third-order valence-corrected chi connectivity index (χ3v) is 12.9. The number of benzene rings is 3. The molecule has 3 aromatic carbocycles. The Morgan fingerprint density at radius 1 is 0.877 bits per heavy atom. The Balaban J connectivity index is 1.05. The minimum atomic E-state index is -1.32. The molecule has 0 spiro atoms. The van der Waals surface area contributed by atoms with E-state index in [4.69, 9.17) is 24.1 Å². The maximum Gasteiger partial charge on any atom is 0.338 e. The van der Waals surface area contributed by atoms with Crippen LogP contribution < -0.4 is 10.6 Å². The minimum Gasteiger partial charge on any atom is -0.456 e. The molecule has 2 aliphatic heterocycles. The van der Waals surface area contributed by atoms with Crippen LogP contribution in [0, 0.1) is 17.3 Å². The maximum absolute atomic E-state index is 14.2. The van der Waals surface area contributed by atoms with Crippen molar-refractivity contribution in [3.8, 4) is 0 Å². The van der Waals surface area contributed by atoms with Crippen LogP contribution in [0.5, 0.6) is 0 Å². The summed E-state index contributed by atoms with van der Waals surface area (Å²) in [5, 5.41) is 14.4. The van der Waals surface area contributed by atoms with E-state index in [9.17, 15) is 14.4 Å². The number of epoxide rings is 1. The zero-order valence-corrected chi connectivity index (χ0v) is 33.1. The average Bonchev–Trinajstić information content (AvgIpc) is 3.67. The lowest BCUT2D eigenvalue weighted by Gasteiger charge is -2.53. The molecule has 0 aromatic heterocycles. The van der Waals surface area contributed by atoms with Gasteiger partial charge in [0.15, 0.2) is 0 Å². The summed E-state index contributed by atoms with van der Waals surface area (Å²) in [4.78, 5) is 39.9. The summed E-state index contributed by atoms with van der Waals surface area (Å²) in [7, 11) is 0. The van der Waals surface area contributed by atoms with Gasteiger partial charge in [-0.3, -0.25) is 9.59 Å². The number of carbonyl (C=O) groups excluding carboxylic acids is 3. The van der Waals surface area contributed by atoms with Gasteiger partial charge in [0.1, 0.15) is 18.3 Å². The number of hydrogen-bond acceptors (Lipinski definition) is 8. The molecule has 57 heavy (non-hydrogen) atoms. The Labute approximate surface area is 335 Å². The van der Waals surface area contributed by atoms with E-state index in [-0.39, 0.29) is 50.0 Å². The summed E-state index contributed by atoms with van der Waals surface area (Å²) in [6.45, 7) is 7.10. The van der Waals surface area contributed by atoms with E-state index in [1.165, 1.54) is 5.57 Å². The van der Waals surface area contributed by atoms with Gasteiger partial charge < -0.3 is 34.7 Å². The van der Waals surface area contributed by atoms with E-state index in [0.29, 0.717) is 34.5 Å². The van der Waals surface area contributed by atoms with E-state index in [0.717, 1.165) is 48.8 Å². The highest BCUT2D eigenvalue weighted by molar-refractivity contribution is 5.94. The van der Waals surface area contributed by atoms with Gasteiger partial charge in [-0.2, -0.15) is 0 Å². The standard InChI is InChI=1S/C47H54N2O8/c1-45(2)29-36-31(17-18-40-46(3,56-40)21-19-37(36)45)25-30-11-10-12-32(26-30)44(53)54-38-27-33(43(52)49-22-20-41(51)48-23-24-50)28-39-42(38)57-47(55-39,34-13-6-4-7-14-34)35-15-8-5-9-16-35/h4-16,25-26,28,36-40,42,50H,17-24,27,29H2,1-3H3,(H,48,51)(H,49,52)/t36-,37-,38-,39-,40?,42+,46-/m1/s1. The van der Waals surface area contributed by atoms with Crippen LogP contribution in [0.1, 0.15) is 92.8 Å². The first kappa shape index (κ1) is 39.2. The molecule has 3 aromatic rings. The number of rotatable bonds is 11. The molecule has 5 aliphatic rings. The van der Waals surface area contributed by atoms with Crippen molar-refractivity contribution in [3.63, 3.8) is 0 Å². The molecule has 10 nitrogen and oxygen atoms in total. The monoisotopic (exact) mass is 774 g/mol. The number of ether oxygens (including phenoxy) is 4. The fraction of sp³-hybridized carbons (Fsp3) is 0.468. The molecule has 4 fully saturated rings. The number of esters is 1. The number of carbonyl (C=O) groups is 3. The lowest BCUT2D eigenvalue weighted by molar-refractivity contribution is -0.157. The average molecular weight is 775 g/mol. The van der Waals surface area contributed by atoms with Crippen LogP contribution in [0.3, 0.4) is 0 Å². The Morgan fingerprint density at radius 2 is 1.61 bits per heavy atom. The van der Waals surface area contributed by atoms with E-state index in [1.54, 1.807) is 12.1 Å². The van der Waals surface area contributed by atoms with Gasteiger partial charge in [-0.05, 0) is 80.1 Å². The summed E-state index contributed by atoms with van der Waals surface area (Å²) in [6.07, 6.45) is 7.56. The molecule has 2 saturated carbocycles. The Morgan fingerprint density at radius 3 is 2.32 bits per heavy atom. The molecule has 10 heteroatoms. The van der Waals surface area contributed by atoms with Crippen molar-refractivity contribution in [1.82, 2.24) is 10.6 Å². The first-order valence-corrected chi connectivity index (χ1v) is 20.5. The van der Waals surface area contributed by atoms with Gasteiger partial charge in [-0.1, -0.05) is 98.3 Å². The number of aliphatic hydroxyl groups is 1. The molecule has 8 rings (SSSR count). The van der Waals surface area contributed by atoms with Gasteiger partial charge in [0, 0.05) is 42.6 Å². The topological polar surface area (TPSA) is 136 Å². The van der Waals surface area contributed by atoms with Crippen molar-refractivity contribution in [1.29, 1.82) is 0 Å². The van der Waals surface area contributed by atoms with Gasteiger partial charge in [0.2, 0.25) is 17.6 Å². The third-order valence-electron chi connectivity index (χ3n) is 12.9. The zero-order chi connectivity index (χ0) is 39.8. The quantitative estimate of drug-likeness (QED) is 0.146. The molecule has 300 valence electrons. The molecular weight excluding hydrogens is 721 g/mol. The van der Waals surface area contributed by atoms with Gasteiger partial charge in [-0.25, -0.2) is 4.79 Å². The molecule has 7 atom stereocenters. The van der Waals surface area contributed by atoms with Gasteiger partial charge >= 0.3 is 5.97 Å². The molecule has 1 unspecified atom stereocenters. The Bertz CT molecular complexity index is 1990. The summed E-state index contributed by atoms with van der Waals surface area (Å²) in [6, 6.07) is 26.9. The van der Waals surface area contributed by atoms with Gasteiger partial charge in [0.05, 0.1) is 23.9 Å². The van der Waals surface area contributed by atoms with E-state index < -0.39 is 30.1 Å². The van der Waals surface area contributed by atoms with Crippen molar-refractivity contribution in [2.45, 2.75) is 102 Å². The predicted octanol–water partition coefficient (Wildman–Crippen LogP) is 6.62. The largest absolute Gasteiger partial charge is 0.456 e. The normalized spacial score (nSPS) is 30.1. The van der Waals surface area contributed by atoms with Crippen LogP contribution in [0.25, 0.3) is 6.08 Å².